The van der Waals surface area contributed by atoms with Gasteiger partial charge in [-0.15, -0.1) is 4.72 Å². The van der Waals surface area contributed by atoms with Crippen molar-refractivity contribution in [1.82, 2.24) is 4.72 Å². The zero-order valence-electron chi connectivity index (χ0n) is 13.7. The fourth-order valence-electron chi connectivity index (χ4n) is 2.31. The van der Waals surface area contributed by atoms with Crippen LogP contribution in [0.15, 0.2) is 48.5 Å². The number of nitrogens with one attached hydrogen (secondary N) is 1. The Kier molecular flexibility index (Phi) is 5.68. The van der Waals surface area contributed by atoms with Gasteiger partial charge in [-0.05, 0) is 56.0 Å². The monoisotopic (exact) mass is 314 g/mol. The minimum absolute atomic E-state index is 0.0892. The van der Waals surface area contributed by atoms with Gasteiger partial charge in [0.1, 0.15) is 10.8 Å². The molecule has 1 unspecified atom stereocenters. The van der Waals surface area contributed by atoms with E-state index in [9.17, 15) is 4.55 Å². The first kappa shape index (κ1) is 17.1. The van der Waals surface area contributed by atoms with Crippen molar-refractivity contribution in [2.24, 2.45) is 0 Å². The first-order valence-electron chi connectivity index (χ1n) is 7.65. The molecule has 1 radical (unpaired) electrons. The predicted octanol–water partition coefficient (Wildman–Crippen LogP) is 4.19. The second kappa shape index (κ2) is 7.32. The zero-order chi connectivity index (χ0) is 16.2. The lowest BCUT2D eigenvalue weighted by atomic mass is 9.94. The summed E-state index contributed by atoms with van der Waals surface area (Å²) in [5.41, 5.74) is 3.52. The highest BCUT2D eigenvalue weighted by Gasteiger charge is 2.31. The van der Waals surface area contributed by atoms with Gasteiger partial charge < -0.3 is 4.55 Å². The molecular weight excluding hydrogens is 290 g/mol. The third-order valence-electron chi connectivity index (χ3n) is 3.60. The number of hydrogen-bond donors (Lipinski definition) is 1. The minimum Gasteiger partial charge on any atom is -0.598 e. The highest BCUT2D eigenvalue weighted by atomic mass is 32.2. The first-order valence-corrected chi connectivity index (χ1v) is 8.80. The van der Waals surface area contributed by atoms with E-state index in [0.29, 0.717) is 0 Å². The van der Waals surface area contributed by atoms with Crippen LogP contribution in [0.4, 0.5) is 0 Å². The molecule has 0 fully saturated rings. The minimum atomic E-state index is -1.14. The fourth-order valence-corrected chi connectivity index (χ4v) is 3.14. The molecule has 0 bridgehead atoms. The van der Waals surface area contributed by atoms with E-state index in [1.54, 1.807) is 0 Å². The summed E-state index contributed by atoms with van der Waals surface area (Å²) in [7, 11) is 0. The van der Waals surface area contributed by atoms with Crippen LogP contribution in [0.5, 0.6) is 0 Å². The van der Waals surface area contributed by atoms with E-state index in [0.717, 1.165) is 17.5 Å². The highest BCUT2D eigenvalue weighted by Crippen LogP contribution is 2.28. The number of hydrogen-bond acceptors (Lipinski definition) is 2. The Morgan fingerprint density at radius 3 is 2.45 bits per heavy atom. The molecule has 2 rings (SSSR count). The van der Waals surface area contributed by atoms with Crippen molar-refractivity contribution < 1.29 is 4.55 Å². The maximum Gasteiger partial charge on any atom is 0.136 e. The Labute approximate surface area is 137 Å². The van der Waals surface area contributed by atoms with Gasteiger partial charge in [-0.2, -0.15) is 0 Å². The molecule has 2 atom stereocenters. The van der Waals surface area contributed by atoms with Crippen LogP contribution in [0.25, 0.3) is 0 Å². The van der Waals surface area contributed by atoms with Crippen molar-refractivity contribution in [3.8, 4) is 0 Å². The largest absolute Gasteiger partial charge is 0.598 e. The molecule has 2 nitrogen and oxygen atoms in total. The quantitative estimate of drug-likeness (QED) is 0.840. The molecule has 22 heavy (non-hydrogen) atoms. The Morgan fingerprint density at radius 2 is 1.86 bits per heavy atom. The van der Waals surface area contributed by atoms with Crippen LogP contribution in [0.2, 0.25) is 0 Å². The molecule has 1 N–H and O–H groups in total. The number of benzene rings is 2. The molecule has 0 aliphatic rings. The molecule has 0 saturated heterocycles. The van der Waals surface area contributed by atoms with E-state index >= 15 is 0 Å². The average Bonchev–Trinajstić information content (AvgIpc) is 2.52. The summed E-state index contributed by atoms with van der Waals surface area (Å²) in [6, 6.07) is 19.3. The summed E-state index contributed by atoms with van der Waals surface area (Å²) >= 11 is -1.14. The molecule has 2 aromatic carbocycles. The first-order chi connectivity index (χ1) is 10.4. The van der Waals surface area contributed by atoms with Crippen LogP contribution in [-0.4, -0.2) is 9.30 Å². The van der Waals surface area contributed by atoms with E-state index in [1.165, 1.54) is 5.56 Å². The lowest BCUT2D eigenvalue weighted by Gasteiger charge is -2.29. The summed E-state index contributed by atoms with van der Waals surface area (Å²) in [6.45, 7) is 8.09. The van der Waals surface area contributed by atoms with Crippen LogP contribution < -0.4 is 4.72 Å². The van der Waals surface area contributed by atoms with Gasteiger partial charge in [0, 0.05) is 11.4 Å². The van der Waals surface area contributed by atoms with Crippen molar-refractivity contribution in [3.05, 3.63) is 71.3 Å². The average molecular weight is 314 g/mol. The maximum atomic E-state index is 12.6. The SMILES string of the molecule is CCc1cc[c]cc1[C@@H](N[S+]([O-])C(C)(C)C)c1ccccc1. The topological polar surface area (TPSA) is 35.1 Å². The highest BCUT2D eigenvalue weighted by molar-refractivity contribution is 7.90. The number of aryl methyl sites for hydroxylation is 1. The summed E-state index contributed by atoms with van der Waals surface area (Å²) in [4.78, 5) is 0. The van der Waals surface area contributed by atoms with Gasteiger partial charge >= 0.3 is 0 Å². The van der Waals surface area contributed by atoms with Crippen molar-refractivity contribution in [3.63, 3.8) is 0 Å². The number of rotatable bonds is 5. The molecule has 3 heteroatoms. The van der Waals surface area contributed by atoms with Gasteiger partial charge in [-0.3, -0.25) is 0 Å². The zero-order valence-corrected chi connectivity index (χ0v) is 14.5. The van der Waals surface area contributed by atoms with Crippen molar-refractivity contribution >= 4 is 11.4 Å². The van der Waals surface area contributed by atoms with Crippen LogP contribution in [0.1, 0.15) is 50.4 Å². The normalized spacial score (nSPS) is 14.6. The van der Waals surface area contributed by atoms with Gasteiger partial charge in [0.15, 0.2) is 0 Å². The second-order valence-electron chi connectivity index (χ2n) is 6.32. The second-order valence-corrected chi connectivity index (χ2v) is 8.32. The molecule has 0 aliphatic heterocycles. The van der Waals surface area contributed by atoms with E-state index in [2.05, 4.69) is 35.9 Å². The van der Waals surface area contributed by atoms with Gasteiger partial charge in [0.2, 0.25) is 0 Å². The molecule has 0 aliphatic carbocycles. The Hall–Kier alpha value is -1.29. The Bertz CT molecular complexity index is 592. The fraction of sp³-hybridized carbons (Fsp3) is 0.368. The summed E-state index contributed by atoms with van der Waals surface area (Å²) in [5.74, 6) is 0. The standard InChI is InChI=1S/C19H24NOS/c1-5-15-11-9-10-14-17(15)18(16-12-7-6-8-13-16)20-22(21)19(2,3)4/h6-9,11-14,18,20H,5H2,1-4H3/t18-,22?/m0/s1. The van der Waals surface area contributed by atoms with E-state index in [1.807, 2.05) is 51.1 Å². The lowest BCUT2D eigenvalue weighted by Crippen LogP contribution is -2.41. The van der Waals surface area contributed by atoms with E-state index < -0.39 is 11.4 Å². The van der Waals surface area contributed by atoms with Crippen molar-refractivity contribution in [2.75, 3.05) is 0 Å². The van der Waals surface area contributed by atoms with Gasteiger partial charge in [0.25, 0.3) is 0 Å². The van der Waals surface area contributed by atoms with Crippen molar-refractivity contribution in [2.45, 2.75) is 44.9 Å². The van der Waals surface area contributed by atoms with Gasteiger partial charge in [-0.25, -0.2) is 0 Å². The summed E-state index contributed by atoms with van der Waals surface area (Å²) in [6.07, 6.45) is 0.942. The molecule has 0 aromatic heterocycles. The Morgan fingerprint density at radius 1 is 1.18 bits per heavy atom. The van der Waals surface area contributed by atoms with Gasteiger partial charge in [-0.1, -0.05) is 49.4 Å². The summed E-state index contributed by atoms with van der Waals surface area (Å²) in [5, 5.41) is 0. The van der Waals surface area contributed by atoms with Crippen molar-refractivity contribution in [1.29, 1.82) is 0 Å². The molecule has 0 amide bonds. The van der Waals surface area contributed by atoms with Crippen LogP contribution in [0.3, 0.4) is 0 Å². The third kappa shape index (κ3) is 4.13. The van der Waals surface area contributed by atoms with Crippen LogP contribution >= 0.6 is 0 Å². The van der Waals surface area contributed by atoms with Crippen LogP contribution in [-0.2, 0) is 17.8 Å². The Balaban J connectivity index is 2.42. The molecular formula is C19H24NOS. The van der Waals surface area contributed by atoms with Crippen LogP contribution in [0, 0.1) is 6.07 Å². The van der Waals surface area contributed by atoms with E-state index in [4.69, 9.17) is 0 Å². The molecule has 0 heterocycles. The molecule has 117 valence electrons. The summed E-state index contributed by atoms with van der Waals surface area (Å²) < 4.78 is 15.6. The lowest BCUT2D eigenvalue weighted by molar-refractivity contribution is 0.535. The third-order valence-corrected chi connectivity index (χ3v) is 5.16. The maximum absolute atomic E-state index is 12.6. The molecule has 2 aromatic rings. The predicted molar refractivity (Wildman–Crippen MR) is 94.0 cm³/mol. The van der Waals surface area contributed by atoms with E-state index in [-0.39, 0.29) is 10.8 Å². The molecule has 0 spiro atoms. The molecule has 0 saturated carbocycles. The van der Waals surface area contributed by atoms with Gasteiger partial charge in [0.05, 0.1) is 0 Å². The smallest absolute Gasteiger partial charge is 0.136 e.